The Morgan fingerprint density at radius 3 is 2.86 bits per heavy atom. The van der Waals surface area contributed by atoms with Gasteiger partial charge in [-0.25, -0.2) is 4.98 Å². The van der Waals surface area contributed by atoms with E-state index in [9.17, 15) is 4.79 Å². The van der Waals surface area contributed by atoms with E-state index in [2.05, 4.69) is 21.8 Å². The van der Waals surface area contributed by atoms with Crippen molar-refractivity contribution >= 4 is 16.8 Å². The Morgan fingerprint density at radius 1 is 1.29 bits per heavy atom. The number of piperidine rings is 1. The van der Waals surface area contributed by atoms with Gasteiger partial charge in [0.1, 0.15) is 5.82 Å². The molecule has 1 aliphatic heterocycles. The van der Waals surface area contributed by atoms with Gasteiger partial charge in [-0.2, -0.15) is 0 Å². The fourth-order valence-corrected chi connectivity index (χ4v) is 2.99. The first-order chi connectivity index (χ1) is 10.3. The van der Waals surface area contributed by atoms with Crippen molar-refractivity contribution in [1.29, 1.82) is 0 Å². The van der Waals surface area contributed by atoms with E-state index >= 15 is 0 Å². The fourth-order valence-electron chi connectivity index (χ4n) is 2.99. The molecule has 21 heavy (non-hydrogen) atoms. The van der Waals surface area contributed by atoms with Crippen LogP contribution in [-0.4, -0.2) is 40.3 Å². The van der Waals surface area contributed by atoms with Crippen LogP contribution in [0.15, 0.2) is 18.2 Å². The third-order valence-corrected chi connectivity index (χ3v) is 4.29. The van der Waals surface area contributed by atoms with E-state index in [1.54, 1.807) is 0 Å². The molecule has 112 valence electrons. The topological polar surface area (TPSA) is 49.0 Å². The third kappa shape index (κ3) is 3.32. The molecular formula is C17H23N3O. The second kappa shape index (κ2) is 6.39. The quantitative estimate of drug-likeness (QED) is 0.858. The highest BCUT2D eigenvalue weighted by molar-refractivity contribution is 5.99. The summed E-state index contributed by atoms with van der Waals surface area (Å²) in [6, 6.07) is 5.79. The van der Waals surface area contributed by atoms with Crippen LogP contribution in [-0.2, 0) is 6.42 Å². The lowest BCUT2D eigenvalue weighted by molar-refractivity contribution is 0.0959. The normalized spacial score (nSPS) is 16.4. The Kier molecular flexibility index (Phi) is 4.34. The summed E-state index contributed by atoms with van der Waals surface area (Å²) in [6.07, 6.45) is 5.37. The minimum absolute atomic E-state index is 0.232. The number of hydrogen-bond donors (Lipinski definition) is 1. The molecule has 0 amide bonds. The number of rotatable bonds is 5. The summed E-state index contributed by atoms with van der Waals surface area (Å²) in [6.45, 7) is 5.25. The summed E-state index contributed by atoms with van der Waals surface area (Å²) in [5, 5.41) is 0. The first kappa shape index (κ1) is 14.3. The summed E-state index contributed by atoms with van der Waals surface area (Å²) < 4.78 is 0. The van der Waals surface area contributed by atoms with Crippen LogP contribution < -0.4 is 0 Å². The molecule has 0 spiro atoms. The first-order valence-electron chi connectivity index (χ1n) is 8.00. The lowest BCUT2D eigenvalue weighted by Crippen LogP contribution is -2.31. The number of H-pyrrole nitrogens is 1. The van der Waals surface area contributed by atoms with Crippen LogP contribution in [0.2, 0.25) is 0 Å². The lowest BCUT2D eigenvalue weighted by atomic mass is 10.1. The van der Waals surface area contributed by atoms with Crippen LogP contribution in [0.3, 0.4) is 0 Å². The molecule has 0 radical (unpaired) electrons. The van der Waals surface area contributed by atoms with Gasteiger partial charge in [-0.15, -0.1) is 0 Å². The monoisotopic (exact) mass is 285 g/mol. The van der Waals surface area contributed by atoms with Crippen LogP contribution in [0.5, 0.6) is 0 Å². The summed E-state index contributed by atoms with van der Waals surface area (Å²) >= 11 is 0. The summed E-state index contributed by atoms with van der Waals surface area (Å²) in [5.74, 6) is 1.21. The van der Waals surface area contributed by atoms with Crippen molar-refractivity contribution in [1.82, 2.24) is 14.9 Å². The third-order valence-electron chi connectivity index (χ3n) is 4.29. The van der Waals surface area contributed by atoms with Gasteiger partial charge in [0.2, 0.25) is 0 Å². The highest BCUT2D eigenvalue weighted by Gasteiger charge is 2.13. The van der Waals surface area contributed by atoms with Gasteiger partial charge >= 0.3 is 0 Å². The van der Waals surface area contributed by atoms with Gasteiger partial charge in [-0.1, -0.05) is 13.3 Å². The molecule has 3 rings (SSSR count). The molecule has 0 bridgehead atoms. The number of ketones is 1. The zero-order valence-corrected chi connectivity index (χ0v) is 12.7. The number of aromatic nitrogens is 2. The second-order valence-electron chi connectivity index (χ2n) is 5.84. The summed E-state index contributed by atoms with van der Waals surface area (Å²) in [7, 11) is 0. The molecule has 4 heteroatoms. The van der Waals surface area contributed by atoms with E-state index < -0.39 is 0 Å². The molecule has 1 aliphatic rings. The molecule has 1 aromatic carbocycles. The summed E-state index contributed by atoms with van der Waals surface area (Å²) in [5.41, 5.74) is 2.71. The number of nitrogens with one attached hydrogen (secondary N) is 1. The first-order valence-corrected chi connectivity index (χ1v) is 8.00. The van der Waals surface area contributed by atoms with Gasteiger partial charge in [-0.05, 0) is 44.1 Å². The molecular weight excluding hydrogens is 262 g/mol. The number of likely N-dealkylation sites (tertiary alicyclic amines) is 1. The zero-order valence-electron chi connectivity index (χ0n) is 12.7. The van der Waals surface area contributed by atoms with Gasteiger partial charge < -0.3 is 9.88 Å². The van der Waals surface area contributed by atoms with Crippen molar-refractivity contribution in [2.24, 2.45) is 0 Å². The van der Waals surface area contributed by atoms with Crippen LogP contribution in [0, 0.1) is 0 Å². The smallest absolute Gasteiger partial charge is 0.164 e. The van der Waals surface area contributed by atoms with Gasteiger partial charge in [0.05, 0.1) is 11.0 Å². The minimum atomic E-state index is 0.232. The van der Waals surface area contributed by atoms with Crippen LogP contribution in [0.25, 0.3) is 11.0 Å². The zero-order chi connectivity index (χ0) is 14.7. The Morgan fingerprint density at radius 2 is 2.10 bits per heavy atom. The Balaban J connectivity index is 1.66. The maximum atomic E-state index is 12.3. The van der Waals surface area contributed by atoms with Crippen molar-refractivity contribution < 1.29 is 4.79 Å². The number of imidazole rings is 1. The number of nitrogens with zero attached hydrogens (tertiary/aromatic N) is 2. The SMILES string of the molecule is CCc1nc2ccc(C(=O)CCN3CCCCC3)cc2[nH]1. The molecule has 0 aliphatic carbocycles. The highest BCUT2D eigenvalue weighted by Crippen LogP contribution is 2.16. The minimum Gasteiger partial charge on any atom is -0.342 e. The van der Waals surface area contributed by atoms with Crippen LogP contribution in [0.4, 0.5) is 0 Å². The second-order valence-corrected chi connectivity index (χ2v) is 5.84. The van der Waals surface area contributed by atoms with E-state index in [0.717, 1.165) is 48.5 Å². The molecule has 0 atom stereocenters. The Hall–Kier alpha value is -1.68. The van der Waals surface area contributed by atoms with Crippen molar-refractivity contribution in [3.63, 3.8) is 0 Å². The predicted molar refractivity (Wildman–Crippen MR) is 84.7 cm³/mol. The molecule has 2 heterocycles. The van der Waals surface area contributed by atoms with Crippen molar-refractivity contribution in [2.45, 2.75) is 39.0 Å². The Labute approximate surface area is 125 Å². The largest absolute Gasteiger partial charge is 0.342 e. The van der Waals surface area contributed by atoms with Gasteiger partial charge in [0, 0.05) is 24.9 Å². The van der Waals surface area contributed by atoms with E-state index in [4.69, 9.17) is 0 Å². The van der Waals surface area contributed by atoms with Crippen molar-refractivity contribution in [2.75, 3.05) is 19.6 Å². The van der Waals surface area contributed by atoms with Crippen molar-refractivity contribution in [3.8, 4) is 0 Å². The number of carbonyl (C=O) groups excluding carboxylic acids is 1. The molecule has 1 fully saturated rings. The number of aromatic amines is 1. The average molecular weight is 285 g/mol. The van der Waals surface area contributed by atoms with Crippen molar-refractivity contribution in [3.05, 3.63) is 29.6 Å². The molecule has 2 aromatic rings. The summed E-state index contributed by atoms with van der Waals surface area (Å²) in [4.78, 5) is 22.5. The predicted octanol–water partition coefficient (Wildman–Crippen LogP) is 3.18. The fraction of sp³-hybridized carbons (Fsp3) is 0.529. The molecule has 0 unspecified atom stereocenters. The molecule has 0 saturated carbocycles. The van der Waals surface area contributed by atoms with E-state index in [1.807, 2.05) is 18.2 Å². The lowest BCUT2D eigenvalue weighted by Gasteiger charge is -2.25. The van der Waals surface area contributed by atoms with E-state index in [1.165, 1.54) is 19.3 Å². The number of benzene rings is 1. The average Bonchev–Trinajstić information content (AvgIpc) is 2.95. The van der Waals surface area contributed by atoms with Crippen LogP contribution >= 0.6 is 0 Å². The highest BCUT2D eigenvalue weighted by atomic mass is 16.1. The Bertz CT molecular complexity index is 626. The maximum absolute atomic E-state index is 12.3. The molecule has 1 N–H and O–H groups in total. The van der Waals surface area contributed by atoms with Gasteiger partial charge in [-0.3, -0.25) is 4.79 Å². The standard InChI is InChI=1S/C17H23N3O/c1-2-17-18-14-7-6-13(12-15(14)19-17)16(21)8-11-20-9-4-3-5-10-20/h6-7,12H,2-5,8-11H2,1H3,(H,18,19). The van der Waals surface area contributed by atoms with Gasteiger partial charge in [0.25, 0.3) is 0 Å². The molecule has 4 nitrogen and oxygen atoms in total. The number of hydrogen-bond acceptors (Lipinski definition) is 3. The van der Waals surface area contributed by atoms with Gasteiger partial charge in [0.15, 0.2) is 5.78 Å². The van der Waals surface area contributed by atoms with E-state index in [0.29, 0.717) is 6.42 Å². The number of Topliss-reactive ketones (excluding diaryl/α,β-unsaturated/α-hetero) is 1. The van der Waals surface area contributed by atoms with E-state index in [-0.39, 0.29) is 5.78 Å². The number of carbonyl (C=O) groups is 1. The number of fused-ring (bicyclic) bond motifs is 1. The molecule has 1 saturated heterocycles. The maximum Gasteiger partial charge on any atom is 0.164 e. The number of aryl methyl sites for hydroxylation is 1. The van der Waals surface area contributed by atoms with Crippen LogP contribution in [0.1, 0.15) is 48.8 Å². The molecule has 1 aromatic heterocycles.